The summed E-state index contributed by atoms with van der Waals surface area (Å²) in [6, 6.07) is 6.83. The van der Waals surface area contributed by atoms with E-state index in [-0.39, 0.29) is 24.8 Å². The average molecular weight is 348 g/mol. The van der Waals surface area contributed by atoms with E-state index in [2.05, 4.69) is 5.32 Å². The first-order valence-corrected chi connectivity index (χ1v) is 8.42. The molecule has 25 heavy (non-hydrogen) atoms. The molecule has 1 N–H and O–H groups in total. The normalized spacial score (nSPS) is 14.7. The van der Waals surface area contributed by atoms with Crippen molar-refractivity contribution >= 4 is 17.8 Å². The van der Waals surface area contributed by atoms with Gasteiger partial charge in [0.2, 0.25) is 0 Å². The molecule has 1 aliphatic rings. The molecule has 1 aromatic rings. The highest BCUT2D eigenvalue weighted by atomic mass is 16.5. The maximum Gasteiger partial charge on any atom is 0.308 e. The molecule has 0 unspecified atom stereocenters. The molecule has 2 amide bonds. The minimum Gasteiger partial charge on any atom is -0.496 e. The molecule has 0 bridgehead atoms. The third-order valence-corrected chi connectivity index (χ3v) is 4.04. The maximum atomic E-state index is 12.1. The standard InChI is InChI=1S/C18H24N2O5/c1-13(18(23)20-11-5-6-12-20)25-16(21)9-10-19-17(22)14-7-3-4-8-15(14)24-2/h3-4,7-8,13H,5-6,9-12H2,1-2H3,(H,19,22)/t13-/m1/s1. The fourth-order valence-corrected chi connectivity index (χ4v) is 2.71. The van der Waals surface area contributed by atoms with E-state index < -0.39 is 12.1 Å². The fourth-order valence-electron chi connectivity index (χ4n) is 2.71. The van der Waals surface area contributed by atoms with Crippen molar-refractivity contribution in [1.82, 2.24) is 10.2 Å². The third-order valence-electron chi connectivity index (χ3n) is 4.04. The van der Waals surface area contributed by atoms with Crippen LogP contribution in [0.2, 0.25) is 0 Å². The first-order chi connectivity index (χ1) is 12.0. The van der Waals surface area contributed by atoms with E-state index in [0.717, 1.165) is 25.9 Å². The van der Waals surface area contributed by atoms with Gasteiger partial charge in [0.05, 0.1) is 19.1 Å². The first kappa shape index (κ1) is 18.8. The van der Waals surface area contributed by atoms with Gasteiger partial charge >= 0.3 is 5.97 Å². The van der Waals surface area contributed by atoms with Crippen LogP contribution in [0.5, 0.6) is 5.75 Å². The Bertz CT molecular complexity index is 626. The number of ether oxygens (including phenoxy) is 2. The van der Waals surface area contributed by atoms with Crippen LogP contribution in [-0.2, 0) is 14.3 Å². The summed E-state index contributed by atoms with van der Waals surface area (Å²) in [7, 11) is 1.49. The van der Waals surface area contributed by atoms with Gasteiger partial charge in [-0.25, -0.2) is 0 Å². The summed E-state index contributed by atoms with van der Waals surface area (Å²) < 4.78 is 10.3. The molecular formula is C18H24N2O5. The van der Waals surface area contributed by atoms with Crippen LogP contribution in [0.15, 0.2) is 24.3 Å². The van der Waals surface area contributed by atoms with Crippen molar-refractivity contribution in [2.24, 2.45) is 0 Å². The smallest absolute Gasteiger partial charge is 0.308 e. The van der Waals surface area contributed by atoms with E-state index >= 15 is 0 Å². The predicted octanol–water partition coefficient (Wildman–Crippen LogP) is 1.37. The fraction of sp³-hybridized carbons (Fsp3) is 0.500. The monoisotopic (exact) mass is 348 g/mol. The molecule has 0 radical (unpaired) electrons. The quantitative estimate of drug-likeness (QED) is 0.752. The Morgan fingerprint density at radius 3 is 2.56 bits per heavy atom. The number of carbonyl (C=O) groups excluding carboxylic acids is 3. The lowest BCUT2D eigenvalue weighted by atomic mass is 10.2. The van der Waals surface area contributed by atoms with Crippen LogP contribution < -0.4 is 10.1 Å². The minimum atomic E-state index is -0.796. The zero-order chi connectivity index (χ0) is 18.2. The zero-order valence-corrected chi connectivity index (χ0v) is 14.6. The minimum absolute atomic E-state index is 0.00148. The van der Waals surface area contributed by atoms with Gasteiger partial charge in [0.15, 0.2) is 6.10 Å². The number of para-hydroxylation sites is 1. The molecule has 1 saturated heterocycles. The Balaban J connectivity index is 1.74. The van der Waals surface area contributed by atoms with Crippen molar-refractivity contribution in [3.63, 3.8) is 0 Å². The molecule has 1 aliphatic heterocycles. The largest absolute Gasteiger partial charge is 0.496 e. The SMILES string of the molecule is COc1ccccc1C(=O)NCCC(=O)O[C@H](C)C(=O)N1CCCC1. The van der Waals surface area contributed by atoms with E-state index in [9.17, 15) is 14.4 Å². The first-order valence-electron chi connectivity index (χ1n) is 8.42. The van der Waals surface area contributed by atoms with Gasteiger partial charge in [-0.1, -0.05) is 12.1 Å². The number of methoxy groups -OCH3 is 1. The second-order valence-electron chi connectivity index (χ2n) is 5.87. The number of esters is 1. The van der Waals surface area contributed by atoms with Crippen molar-refractivity contribution in [2.75, 3.05) is 26.7 Å². The van der Waals surface area contributed by atoms with Crippen LogP contribution >= 0.6 is 0 Å². The topological polar surface area (TPSA) is 84.9 Å². The van der Waals surface area contributed by atoms with Crippen LogP contribution in [-0.4, -0.2) is 55.5 Å². The van der Waals surface area contributed by atoms with Crippen molar-refractivity contribution < 1.29 is 23.9 Å². The van der Waals surface area contributed by atoms with Crippen LogP contribution in [0.1, 0.15) is 36.5 Å². The molecule has 7 heteroatoms. The highest BCUT2D eigenvalue weighted by molar-refractivity contribution is 5.97. The number of likely N-dealkylation sites (tertiary alicyclic amines) is 1. The molecule has 1 atom stereocenters. The Kier molecular flexibility index (Phi) is 6.80. The highest BCUT2D eigenvalue weighted by Crippen LogP contribution is 2.16. The lowest BCUT2D eigenvalue weighted by Crippen LogP contribution is -2.38. The molecule has 0 saturated carbocycles. The molecule has 0 spiro atoms. The number of benzene rings is 1. The van der Waals surface area contributed by atoms with Gasteiger partial charge in [-0.2, -0.15) is 0 Å². The highest BCUT2D eigenvalue weighted by Gasteiger charge is 2.25. The molecule has 2 rings (SSSR count). The summed E-state index contributed by atoms with van der Waals surface area (Å²) in [6.07, 6.45) is 1.18. The molecular weight excluding hydrogens is 324 g/mol. The van der Waals surface area contributed by atoms with Gasteiger partial charge in [-0.05, 0) is 31.9 Å². The second-order valence-corrected chi connectivity index (χ2v) is 5.87. The second kappa shape index (κ2) is 9.05. The van der Waals surface area contributed by atoms with Crippen LogP contribution in [0.3, 0.4) is 0 Å². The summed E-state index contributed by atoms with van der Waals surface area (Å²) in [6.45, 7) is 3.14. The van der Waals surface area contributed by atoms with E-state index in [1.807, 2.05) is 0 Å². The lowest BCUT2D eigenvalue weighted by Gasteiger charge is -2.20. The number of nitrogens with one attached hydrogen (secondary N) is 1. The Labute approximate surface area is 147 Å². The Hall–Kier alpha value is -2.57. The maximum absolute atomic E-state index is 12.1. The van der Waals surface area contributed by atoms with Crippen LogP contribution in [0, 0.1) is 0 Å². The predicted molar refractivity (Wildman–Crippen MR) is 91.3 cm³/mol. The van der Waals surface area contributed by atoms with Gasteiger partial charge in [0, 0.05) is 19.6 Å². The molecule has 0 aliphatic carbocycles. The van der Waals surface area contributed by atoms with Gasteiger partial charge in [-0.3, -0.25) is 14.4 Å². The molecule has 0 aromatic heterocycles. The Morgan fingerprint density at radius 2 is 1.88 bits per heavy atom. The van der Waals surface area contributed by atoms with Crippen molar-refractivity contribution in [2.45, 2.75) is 32.3 Å². The summed E-state index contributed by atoms with van der Waals surface area (Å²) in [5, 5.41) is 2.65. The van der Waals surface area contributed by atoms with Crippen molar-refractivity contribution in [3.8, 4) is 5.75 Å². The van der Waals surface area contributed by atoms with Crippen molar-refractivity contribution in [3.05, 3.63) is 29.8 Å². The van der Waals surface area contributed by atoms with Gasteiger partial charge in [-0.15, -0.1) is 0 Å². The molecule has 7 nitrogen and oxygen atoms in total. The van der Waals surface area contributed by atoms with Gasteiger partial charge < -0.3 is 19.7 Å². The van der Waals surface area contributed by atoms with Crippen LogP contribution in [0.4, 0.5) is 0 Å². The molecule has 1 aromatic carbocycles. The van der Waals surface area contributed by atoms with E-state index in [1.165, 1.54) is 7.11 Å². The molecule has 1 heterocycles. The van der Waals surface area contributed by atoms with E-state index in [0.29, 0.717) is 11.3 Å². The Morgan fingerprint density at radius 1 is 1.20 bits per heavy atom. The number of hydrogen-bond acceptors (Lipinski definition) is 5. The summed E-state index contributed by atoms with van der Waals surface area (Å²) in [5.41, 5.74) is 0.399. The number of rotatable bonds is 7. The number of amides is 2. The average Bonchev–Trinajstić information content (AvgIpc) is 3.15. The molecule has 1 fully saturated rings. The van der Waals surface area contributed by atoms with E-state index in [4.69, 9.17) is 9.47 Å². The summed E-state index contributed by atoms with van der Waals surface area (Å²) in [5.74, 6) is -0.539. The number of hydrogen-bond donors (Lipinski definition) is 1. The van der Waals surface area contributed by atoms with Crippen LogP contribution in [0.25, 0.3) is 0 Å². The molecule has 136 valence electrons. The summed E-state index contributed by atoms with van der Waals surface area (Å²) in [4.78, 5) is 37.7. The van der Waals surface area contributed by atoms with Gasteiger partial charge in [0.1, 0.15) is 5.75 Å². The van der Waals surface area contributed by atoms with E-state index in [1.54, 1.807) is 36.1 Å². The number of nitrogens with zero attached hydrogens (tertiary/aromatic N) is 1. The van der Waals surface area contributed by atoms with Crippen molar-refractivity contribution in [1.29, 1.82) is 0 Å². The third kappa shape index (κ3) is 5.20. The lowest BCUT2D eigenvalue weighted by molar-refractivity contribution is -0.158. The zero-order valence-electron chi connectivity index (χ0n) is 14.6. The number of carbonyl (C=O) groups is 3. The van der Waals surface area contributed by atoms with Gasteiger partial charge in [0.25, 0.3) is 11.8 Å². The summed E-state index contributed by atoms with van der Waals surface area (Å²) >= 11 is 0.